The number of aryl methyl sites for hydroxylation is 2. The number of carbonyl (C=O) groups is 2. The number of amides is 2. The van der Waals surface area contributed by atoms with Gasteiger partial charge in [0.1, 0.15) is 4.88 Å². The van der Waals surface area contributed by atoms with E-state index in [0.717, 1.165) is 43.2 Å². The van der Waals surface area contributed by atoms with Crippen LogP contribution in [0.2, 0.25) is 0 Å². The summed E-state index contributed by atoms with van der Waals surface area (Å²) in [4.78, 5) is 46.1. The molecule has 9 heteroatoms. The van der Waals surface area contributed by atoms with Crippen LogP contribution in [0.1, 0.15) is 75.4 Å². The molecule has 1 unspecified atom stereocenters. The number of hydrogen-bond acceptors (Lipinski definition) is 7. The summed E-state index contributed by atoms with van der Waals surface area (Å²) in [6.45, 7) is 6.45. The third kappa shape index (κ3) is 4.28. The minimum atomic E-state index is -0.180. The van der Waals surface area contributed by atoms with E-state index < -0.39 is 0 Å². The summed E-state index contributed by atoms with van der Waals surface area (Å²) in [5.74, 6) is 0.512. The number of anilines is 1. The van der Waals surface area contributed by atoms with Crippen LogP contribution in [0.5, 0.6) is 0 Å². The Kier molecular flexibility index (Phi) is 6.22. The van der Waals surface area contributed by atoms with Crippen LogP contribution in [-0.4, -0.2) is 70.3 Å². The fourth-order valence-electron chi connectivity index (χ4n) is 4.29. The van der Waals surface area contributed by atoms with Crippen molar-refractivity contribution in [2.24, 2.45) is 0 Å². The van der Waals surface area contributed by atoms with Gasteiger partial charge in [-0.1, -0.05) is 11.3 Å². The summed E-state index contributed by atoms with van der Waals surface area (Å²) < 4.78 is 0. The quantitative estimate of drug-likeness (QED) is 0.723. The molecule has 0 aromatic carbocycles. The molecule has 0 N–H and O–H groups in total. The van der Waals surface area contributed by atoms with Crippen LogP contribution in [0, 0.1) is 13.8 Å². The molecule has 0 radical (unpaired) electrons. The van der Waals surface area contributed by atoms with E-state index in [1.165, 1.54) is 29.1 Å². The summed E-state index contributed by atoms with van der Waals surface area (Å²) in [5, 5.41) is 0.950. The maximum Gasteiger partial charge on any atom is 0.266 e. The predicted molar refractivity (Wildman–Crippen MR) is 121 cm³/mol. The lowest BCUT2D eigenvalue weighted by Gasteiger charge is -2.34. The zero-order chi connectivity index (χ0) is 22.1. The van der Waals surface area contributed by atoms with Gasteiger partial charge in [-0.2, -0.15) is 0 Å². The third-order valence-corrected chi connectivity index (χ3v) is 7.26. The highest BCUT2D eigenvalue weighted by Crippen LogP contribution is 2.34. The number of nitrogens with zero attached hydrogens (tertiary/aromatic N) is 6. The third-order valence-electron chi connectivity index (χ3n) is 6.05. The molecule has 2 saturated heterocycles. The number of aromatic nitrogens is 3. The number of carbonyl (C=O) groups excluding carboxylic acids is 2. The van der Waals surface area contributed by atoms with Crippen LogP contribution < -0.4 is 4.90 Å². The second-order valence-electron chi connectivity index (χ2n) is 8.54. The lowest BCUT2D eigenvalue weighted by atomic mass is 10.0. The molecule has 0 aliphatic carbocycles. The Morgan fingerprint density at radius 3 is 2.42 bits per heavy atom. The minimum absolute atomic E-state index is 0.0137. The highest BCUT2D eigenvalue weighted by atomic mass is 32.1. The van der Waals surface area contributed by atoms with Crippen molar-refractivity contribution in [3.63, 3.8) is 0 Å². The van der Waals surface area contributed by atoms with Gasteiger partial charge in [0.05, 0.1) is 23.0 Å². The van der Waals surface area contributed by atoms with E-state index in [-0.39, 0.29) is 17.9 Å². The molecule has 8 nitrogen and oxygen atoms in total. The molecule has 166 valence electrons. The molecular formula is C22H30N6O2S. The Balaban J connectivity index is 1.60. The van der Waals surface area contributed by atoms with Crippen LogP contribution in [0.4, 0.5) is 5.13 Å². The highest BCUT2D eigenvalue weighted by molar-refractivity contribution is 7.17. The lowest BCUT2D eigenvalue weighted by Crippen LogP contribution is -2.39. The van der Waals surface area contributed by atoms with Crippen molar-refractivity contribution in [1.82, 2.24) is 24.8 Å². The normalized spacial score (nSPS) is 19.0. The van der Waals surface area contributed by atoms with E-state index in [4.69, 9.17) is 4.98 Å². The average molecular weight is 443 g/mol. The fourth-order valence-corrected chi connectivity index (χ4v) is 5.37. The highest BCUT2D eigenvalue weighted by Gasteiger charge is 2.33. The number of thiazole rings is 1. The van der Waals surface area contributed by atoms with E-state index in [9.17, 15) is 9.59 Å². The van der Waals surface area contributed by atoms with Crippen LogP contribution in [0.25, 0.3) is 0 Å². The van der Waals surface area contributed by atoms with Crippen molar-refractivity contribution in [3.8, 4) is 0 Å². The maximum atomic E-state index is 13.5. The molecule has 31 heavy (non-hydrogen) atoms. The zero-order valence-electron chi connectivity index (χ0n) is 18.7. The molecule has 2 aromatic rings. The van der Waals surface area contributed by atoms with Gasteiger partial charge in [-0.05, 0) is 46.0 Å². The Morgan fingerprint density at radius 2 is 1.74 bits per heavy atom. The van der Waals surface area contributed by atoms with Gasteiger partial charge in [-0.25, -0.2) is 15.0 Å². The molecule has 2 aromatic heterocycles. The fraction of sp³-hybridized carbons (Fsp3) is 0.591. The molecule has 0 spiro atoms. The summed E-state index contributed by atoms with van der Waals surface area (Å²) in [7, 11) is 3.43. The second kappa shape index (κ2) is 8.90. The number of piperidine rings is 1. The van der Waals surface area contributed by atoms with Crippen LogP contribution in [-0.2, 0) is 0 Å². The van der Waals surface area contributed by atoms with E-state index in [2.05, 4.69) is 14.9 Å². The van der Waals surface area contributed by atoms with Gasteiger partial charge in [-0.3, -0.25) is 9.59 Å². The largest absolute Gasteiger partial charge is 0.348 e. The van der Waals surface area contributed by atoms with Gasteiger partial charge >= 0.3 is 0 Å². The first-order chi connectivity index (χ1) is 14.9. The summed E-state index contributed by atoms with van der Waals surface area (Å²) in [5.41, 5.74) is 1.94. The SMILES string of the molecule is Cc1nc(C2CCCCN2C(=O)c2sc(N3CCCC3)nc2C)ncc1C(=O)N(C)C. The molecule has 4 rings (SSSR count). The summed E-state index contributed by atoms with van der Waals surface area (Å²) in [6, 6.07) is -0.180. The second-order valence-corrected chi connectivity index (χ2v) is 9.52. The van der Waals surface area contributed by atoms with Crippen LogP contribution in [0.15, 0.2) is 6.20 Å². The molecule has 2 fully saturated rings. The first-order valence-electron chi connectivity index (χ1n) is 11.0. The van der Waals surface area contributed by atoms with E-state index >= 15 is 0 Å². The smallest absolute Gasteiger partial charge is 0.266 e. The van der Waals surface area contributed by atoms with E-state index in [1.54, 1.807) is 20.3 Å². The Hall–Kier alpha value is -2.55. The first kappa shape index (κ1) is 21.7. The number of likely N-dealkylation sites (tertiary alicyclic amines) is 1. The monoisotopic (exact) mass is 442 g/mol. The van der Waals surface area contributed by atoms with Gasteiger partial charge in [0, 0.05) is 39.9 Å². The van der Waals surface area contributed by atoms with Crippen molar-refractivity contribution >= 4 is 28.3 Å². The standard InChI is InChI=1S/C22H30N6O2S/c1-14-16(20(29)26(3)4)13-23-19(24-14)17-9-5-6-12-28(17)21(30)18-15(2)25-22(31-18)27-10-7-8-11-27/h13,17H,5-12H2,1-4H3. The average Bonchev–Trinajstić information content (AvgIpc) is 3.42. The zero-order valence-corrected chi connectivity index (χ0v) is 19.5. The van der Waals surface area contributed by atoms with Crippen molar-refractivity contribution in [2.45, 2.75) is 52.0 Å². The molecule has 2 aliphatic heterocycles. The molecule has 2 amide bonds. The van der Waals surface area contributed by atoms with Gasteiger partial charge in [0.15, 0.2) is 11.0 Å². The maximum absolute atomic E-state index is 13.5. The minimum Gasteiger partial charge on any atom is -0.348 e. The number of hydrogen-bond donors (Lipinski definition) is 0. The Morgan fingerprint density at radius 1 is 1.03 bits per heavy atom. The molecule has 2 aliphatic rings. The lowest BCUT2D eigenvalue weighted by molar-refractivity contribution is 0.0602. The van der Waals surface area contributed by atoms with Crippen molar-refractivity contribution in [2.75, 3.05) is 38.6 Å². The van der Waals surface area contributed by atoms with Crippen molar-refractivity contribution in [1.29, 1.82) is 0 Å². The van der Waals surface area contributed by atoms with Crippen LogP contribution >= 0.6 is 11.3 Å². The van der Waals surface area contributed by atoms with Crippen molar-refractivity contribution in [3.05, 3.63) is 33.8 Å². The molecule has 0 bridgehead atoms. The van der Waals surface area contributed by atoms with Gasteiger partial charge < -0.3 is 14.7 Å². The molecular weight excluding hydrogens is 412 g/mol. The van der Waals surface area contributed by atoms with Gasteiger partial charge in [-0.15, -0.1) is 0 Å². The summed E-state index contributed by atoms with van der Waals surface area (Å²) >= 11 is 1.50. The first-order valence-corrected chi connectivity index (χ1v) is 11.8. The Bertz CT molecular complexity index is 982. The van der Waals surface area contributed by atoms with Gasteiger partial charge in [0.25, 0.3) is 11.8 Å². The predicted octanol–water partition coefficient (Wildman–Crippen LogP) is 3.22. The summed E-state index contributed by atoms with van der Waals surface area (Å²) in [6.07, 6.45) is 6.77. The van der Waals surface area contributed by atoms with Crippen LogP contribution in [0.3, 0.4) is 0 Å². The van der Waals surface area contributed by atoms with E-state index in [1.807, 2.05) is 18.7 Å². The molecule has 1 atom stereocenters. The topological polar surface area (TPSA) is 82.5 Å². The Labute approximate surface area is 187 Å². The van der Waals surface area contributed by atoms with E-state index in [0.29, 0.717) is 28.5 Å². The van der Waals surface area contributed by atoms with Gasteiger partial charge in [0.2, 0.25) is 0 Å². The molecule has 4 heterocycles. The molecule has 0 saturated carbocycles. The van der Waals surface area contributed by atoms with Crippen molar-refractivity contribution < 1.29 is 9.59 Å². The number of rotatable bonds is 4.